The Balaban J connectivity index is 0.647. The number of hydrogen-bond donors (Lipinski definition) is 7. The standard InChI is InChI=1S/C59H72F2N14O7S/c1-35-50(83-34-65-35)38-13-11-36(12-14-38)44(70-54(79)46-26-41(76)31-75(46)56(81)51(58(2,3)4)71-57(82)59(61)17-18-59)27-48(77)62-19-7-5-6-8-20-63-49(78)33-72-21-23-73(24-22-72)55(80)39-15-16-43(42(60)25-39)68-52-53-64-30-47(40-28-66-67-29-40)74(53)32-45(69-52)37-9-10-37/h11-16,25,28-30,32,34,37,41,44,46,51,76H,5-10,17-24,26-27,31,33H2,1-4H3,(H,62,77)(H,63,78)(H,66,67)(H,68,69)(H,70,79)(H,71,82)/t41-,44+,46+,51-/m1/s1. The number of rotatable bonds is 23. The molecule has 10 rings (SSSR count). The summed E-state index contributed by atoms with van der Waals surface area (Å²) in [5.74, 6) is -2.62. The summed E-state index contributed by atoms with van der Waals surface area (Å²) in [5, 5.41) is 32.3. The molecule has 21 nitrogen and oxygen atoms in total. The molecule has 2 aromatic carbocycles. The topological polar surface area (TPSA) is 264 Å². The van der Waals surface area contributed by atoms with Crippen LogP contribution in [0.2, 0.25) is 0 Å². The van der Waals surface area contributed by atoms with Crippen molar-refractivity contribution in [3.05, 3.63) is 101 Å². The fourth-order valence-electron chi connectivity index (χ4n) is 10.7. The molecule has 6 heterocycles. The first-order valence-electron chi connectivity index (χ1n) is 28.6. The number of aliphatic hydroxyl groups excluding tert-OH is 1. The second-order valence-electron chi connectivity index (χ2n) is 23.4. The number of aromatic nitrogens is 6. The molecule has 6 amide bonds. The number of alkyl halides is 1. The number of hydrogen-bond acceptors (Lipinski definition) is 14. The van der Waals surface area contributed by atoms with Crippen LogP contribution in [0.25, 0.3) is 27.3 Å². The summed E-state index contributed by atoms with van der Waals surface area (Å²) >= 11 is 1.50. The number of likely N-dealkylation sites (tertiary alicyclic amines) is 1. The number of aromatic amines is 1. The zero-order valence-corrected chi connectivity index (χ0v) is 48.0. The van der Waals surface area contributed by atoms with Crippen LogP contribution in [0.1, 0.15) is 124 Å². The molecule has 24 heteroatoms. The van der Waals surface area contributed by atoms with Crippen LogP contribution >= 0.6 is 11.3 Å². The highest BCUT2D eigenvalue weighted by atomic mass is 32.1. The van der Waals surface area contributed by atoms with Crippen molar-refractivity contribution in [2.24, 2.45) is 5.41 Å². The van der Waals surface area contributed by atoms with E-state index in [1.165, 1.54) is 22.3 Å². The minimum atomic E-state index is -2.02. The minimum absolute atomic E-state index is 0.0628. The maximum absolute atomic E-state index is 15.7. The van der Waals surface area contributed by atoms with E-state index in [9.17, 15) is 38.3 Å². The molecule has 0 unspecified atom stereocenters. The molecule has 6 aromatic rings. The SMILES string of the molecule is Cc1ncsc1-c1ccc([C@H](CC(=O)NCCCCCCNC(=O)CN2CCN(C(=O)c3ccc(Nc4nc(C5CC5)cn5c(-c6cn[nH]c6)cnc45)c(F)c3)CC2)NC(=O)[C@@H]2C[C@@H](O)CN2C(=O)[C@@H](NC(=O)C2(F)CC2)C(C)(C)C)cc1. The first kappa shape index (κ1) is 58.5. The molecule has 440 valence electrons. The zero-order chi connectivity index (χ0) is 58.6. The van der Waals surface area contributed by atoms with Gasteiger partial charge >= 0.3 is 0 Å². The Hall–Kier alpha value is -7.70. The Bertz CT molecular complexity index is 3330. The molecular weight excluding hydrogens is 1090 g/mol. The third-order valence-electron chi connectivity index (χ3n) is 15.9. The molecule has 0 spiro atoms. The second-order valence-corrected chi connectivity index (χ2v) is 24.3. The van der Waals surface area contributed by atoms with Crippen LogP contribution < -0.4 is 26.6 Å². The number of imidazole rings is 1. The first-order valence-corrected chi connectivity index (χ1v) is 29.5. The van der Waals surface area contributed by atoms with Crippen LogP contribution in [0.3, 0.4) is 0 Å². The van der Waals surface area contributed by atoms with E-state index in [1.54, 1.807) is 61.9 Å². The van der Waals surface area contributed by atoms with Gasteiger partial charge in [0.15, 0.2) is 17.1 Å². The molecule has 4 aliphatic rings. The number of aliphatic hydroxyl groups is 1. The highest BCUT2D eigenvalue weighted by Crippen LogP contribution is 2.42. The number of H-pyrrole nitrogens is 1. The number of nitrogens with one attached hydrogen (secondary N) is 6. The Morgan fingerprint density at radius 1 is 0.892 bits per heavy atom. The Morgan fingerprint density at radius 2 is 1.61 bits per heavy atom. The van der Waals surface area contributed by atoms with Crippen LogP contribution in [0, 0.1) is 18.2 Å². The molecule has 2 saturated carbocycles. The molecule has 4 atom stereocenters. The largest absolute Gasteiger partial charge is 0.391 e. The van der Waals surface area contributed by atoms with Crippen molar-refractivity contribution in [3.63, 3.8) is 0 Å². The molecular formula is C59H72F2N14O7S. The second kappa shape index (κ2) is 25.0. The van der Waals surface area contributed by atoms with Crippen LogP contribution in [0.15, 0.2) is 72.8 Å². The predicted octanol–water partition coefficient (Wildman–Crippen LogP) is 6.10. The average molecular weight is 1160 g/mol. The van der Waals surface area contributed by atoms with Crippen LogP contribution in [-0.4, -0.2) is 161 Å². The number of carbonyl (C=O) groups is 6. The number of fused-ring (bicyclic) bond motifs is 1. The van der Waals surface area contributed by atoms with E-state index in [0.29, 0.717) is 68.6 Å². The summed E-state index contributed by atoms with van der Waals surface area (Å²) in [6.07, 6.45) is 11.2. The van der Waals surface area contributed by atoms with Crippen LogP contribution in [-0.2, 0) is 24.0 Å². The number of carbonyl (C=O) groups excluding carboxylic acids is 6. The number of nitrogens with zero attached hydrogens (tertiary/aromatic N) is 8. The van der Waals surface area contributed by atoms with Gasteiger partial charge in [-0.3, -0.25) is 43.2 Å². The number of aryl methyl sites for hydroxylation is 1. The van der Waals surface area contributed by atoms with Crippen molar-refractivity contribution in [1.29, 1.82) is 0 Å². The fourth-order valence-corrected chi connectivity index (χ4v) is 11.5. The Kier molecular flexibility index (Phi) is 17.6. The van der Waals surface area contributed by atoms with Crippen molar-refractivity contribution >= 4 is 63.9 Å². The van der Waals surface area contributed by atoms with Crippen molar-refractivity contribution in [3.8, 4) is 21.7 Å². The maximum Gasteiger partial charge on any atom is 0.258 e. The summed E-state index contributed by atoms with van der Waals surface area (Å²) in [7, 11) is 0. The van der Waals surface area contributed by atoms with Gasteiger partial charge < -0.3 is 41.5 Å². The number of amides is 6. The number of piperazine rings is 1. The normalized spacial score (nSPS) is 18.6. The van der Waals surface area contributed by atoms with E-state index in [0.717, 1.165) is 65.2 Å². The number of anilines is 2. The van der Waals surface area contributed by atoms with E-state index in [1.807, 2.05) is 46.7 Å². The first-order chi connectivity index (χ1) is 39.8. The zero-order valence-electron chi connectivity index (χ0n) is 47.2. The van der Waals surface area contributed by atoms with E-state index in [2.05, 4.69) is 46.7 Å². The average Bonchev–Trinajstić information content (AvgIpc) is 3.12. The maximum atomic E-state index is 15.7. The van der Waals surface area contributed by atoms with Gasteiger partial charge in [-0.15, -0.1) is 11.3 Å². The summed E-state index contributed by atoms with van der Waals surface area (Å²) in [6, 6.07) is 8.78. The molecule has 2 aliphatic heterocycles. The lowest BCUT2D eigenvalue weighted by Crippen LogP contribution is -2.59. The highest BCUT2D eigenvalue weighted by molar-refractivity contribution is 7.13. The van der Waals surface area contributed by atoms with Gasteiger partial charge in [0, 0.05) is 81.7 Å². The van der Waals surface area contributed by atoms with E-state index >= 15 is 4.39 Å². The van der Waals surface area contributed by atoms with Gasteiger partial charge in [-0.1, -0.05) is 57.9 Å². The number of thiazole rings is 1. The van der Waals surface area contributed by atoms with Gasteiger partial charge in [0.2, 0.25) is 23.6 Å². The van der Waals surface area contributed by atoms with Crippen molar-refractivity contribution in [2.75, 3.05) is 57.7 Å². The lowest BCUT2D eigenvalue weighted by atomic mass is 9.85. The lowest BCUT2D eigenvalue weighted by Gasteiger charge is -2.36. The van der Waals surface area contributed by atoms with Crippen LogP contribution in [0.4, 0.5) is 20.3 Å². The summed E-state index contributed by atoms with van der Waals surface area (Å²) in [6.45, 7) is 9.75. The van der Waals surface area contributed by atoms with Crippen molar-refractivity contribution in [1.82, 2.24) is 65.5 Å². The Morgan fingerprint density at radius 3 is 2.25 bits per heavy atom. The minimum Gasteiger partial charge on any atom is -0.391 e. The summed E-state index contributed by atoms with van der Waals surface area (Å²) < 4.78 is 32.4. The molecule has 83 heavy (non-hydrogen) atoms. The van der Waals surface area contributed by atoms with Gasteiger partial charge in [-0.25, -0.2) is 23.7 Å². The van der Waals surface area contributed by atoms with E-state index < -0.39 is 58.9 Å². The molecule has 4 fully saturated rings. The molecule has 7 N–H and O–H groups in total. The number of unbranched alkanes of at least 4 members (excludes halogenated alkanes) is 3. The number of halogens is 2. The van der Waals surface area contributed by atoms with Gasteiger partial charge in [0.25, 0.3) is 11.8 Å². The lowest BCUT2D eigenvalue weighted by molar-refractivity contribution is -0.145. The third-order valence-corrected chi connectivity index (χ3v) is 16.9. The highest BCUT2D eigenvalue weighted by Gasteiger charge is 2.53. The number of β-amino-alcohol motifs (C(OH)–C–C–N with tert-alkyl or cyclic N) is 1. The number of benzene rings is 2. The predicted molar refractivity (Wildman–Crippen MR) is 307 cm³/mol. The summed E-state index contributed by atoms with van der Waals surface area (Å²) in [5.41, 5.74) is 4.85. The Labute approximate surface area is 483 Å². The van der Waals surface area contributed by atoms with Gasteiger partial charge in [-0.2, -0.15) is 5.10 Å². The molecule has 0 radical (unpaired) electrons. The van der Waals surface area contributed by atoms with E-state index in [-0.39, 0.29) is 67.7 Å². The van der Waals surface area contributed by atoms with Gasteiger partial charge in [0.1, 0.15) is 17.9 Å². The fraction of sp³-hybridized carbons (Fsp3) is 0.492. The van der Waals surface area contributed by atoms with Gasteiger partial charge in [0.05, 0.1) is 70.7 Å². The van der Waals surface area contributed by atoms with E-state index in [4.69, 9.17) is 4.98 Å². The molecule has 0 bridgehead atoms. The smallest absolute Gasteiger partial charge is 0.258 e. The quantitative estimate of drug-likeness (QED) is 0.0358. The molecule has 2 aliphatic carbocycles. The van der Waals surface area contributed by atoms with Crippen molar-refractivity contribution < 1.29 is 42.7 Å². The molecule has 4 aromatic heterocycles. The third kappa shape index (κ3) is 14.0. The van der Waals surface area contributed by atoms with Crippen LogP contribution in [0.5, 0.6) is 0 Å². The summed E-state index contributed by atoms with van der Waals surface area (Å²) in [4.78, 5) is 101. The molecule has 2 saturated heterocycles. The van der Waals surface area contributed by atoms with Crippen molar-refractivity contribution in [2.45, 2.75) is 128 Å². The van der Waals surface area contributed by atoms with Gasteiger partial charge in [-0.05, 0) is 80.2 Å². The monoisotopic (exact) mass is 1160 g/mol.